The Hall–Kier alpha value is -2.07. The van der Waals surface area contributed by atoms with E-state index in [1.165, 1.54) is 0 Å². The molecular weight excluding hydrogens is 240 g/mol. The highest BCUT2D eigenvalue weighted by atomic mass is 16.5. The number of rotatable bonds is 6. The quantitative estimate of drug-likeness (QED) is 0.865. The van der Waals surface area contributed by atoms with Crippen molar-refractivity contribution in [3.63, 3.8) is 0 Å². The number of hydrogen-bond acceptors (Lipinski definition) is 4. The van der Waals surface area contributed by atoms with Crippen molar-refractivity contribution in [2.24, 2.45) is 0 Å². The molecule has 0 saturated heterocycles. The molecule has 0 spiro atoms. The van der Waals surface area contributed by atoms with Crippen molar-refractivity contribution in [3.05, 3.63) is 53.7 Å². The Balaban J connectivity index is 2.03. The average molecular weight is 258 g/mol. The number of aromatic nitrogens is 1. The van der Waals surface area contributed by atoms with Crippen LogP contribution in [0.5, 0.6) is 5.88 Å². The van der Waals surface area contributed by atoms with Crippen molar-refractivity contribution < 1.29 is 9.47 Å². The van der Waals surface area contributed by atoms with Crippen LogP contribution in [0, 0.1) is 0 Å². The van der Waals surface area contributed by atoms with E-state index < -0.39 is 0 Å². The van der Waals surface area contributed by atoms with E-state index in [9.17, 15) is 0 Å². The van der Waals surface area contributed by atoms with Crippen molar-refractivity contribution in [1.82, 2.24) is 4.98 Å². The zero-order valence-corrected chi connectivity index (χ0v) is 11.2. The van der Waals surface area contributed by atoms with Crippen LogP contribution >= 0.6 is 0 Å². The molecule has 2 aromatic rings. The Morgan fingerprint density at radius 3 is 2.84 bits per heavy atom. The van der Waals surface area contributed by atoms with Gasteiger partial charge in [-0.1, -0.05) is 18.2 Å². The van der Waals surface area contributed by atoms with Crippen LogP contribution in [0.3, 0.4) is 0 Å². The molecule has 0 saturated carbocycles. The van der Waals surface area contributed by atoms with Gasteiger partial charge < -0.3 is 14.8 Å². The van der Waals surface area contributed by atoms with Crippen LogP contribution in [-0.4, -0.2) is 19.2 Å². The zero-order chi connectivity index (χ0) is 13.5. The highest BCUT2D eigenvalue weighted by Crippen LogP contribution is 2.17. The smallest absolute Gasteiger partial charge is 0.218 e. The van der Waals surface area contributed by atoms with E-state index in [1.807, 2.05) is 30.3 Å². The van der Waals surface area contributed by atoms with Crippen LogP contribution in [0.2, 0.25) is 0 Å². The molecule has 0 bridgehead atoms. The number of methoxy groups -OCH3 is 2. The molecular formula is C15H18N2O2. The number of pyridine rings is 1. The number of benzene rings is 1. The number of nitrogens with one attached hydrogen (secondary N) is 1. The topological polar surface area (TPSA) is 43.4 Å². The second kappa shape index (κ2) is 6.75. The molecule has 0 unspecified atom stereocenters. The van der Waals surface area contributed by atoms with Gasteiger partial charge in [-0.2, -0.15) is 0 Å². The average Bonchev–Trinajstić information content (AvgIpc) is 2.46. The fourth-order valence-electron chi connectivity index (χ4n) is 1.88. The molecule has 0 atom stereocenters. The van der Waals surface area contributed by atoms with Crippen molar-refractivity contribution in [1.29, 1.82) is 0 Å². The van der Waals surface area contributed by atoms with E-state index in [1.54, 1.807) is 20.4 Å². The lowest BCUT2D eigenvalue weighted by molar-refractivity contribution is 0.185. The van der Waals surface area contributed by atoms with Gasteiger partial charge >= 0.3 is 0 Å². The van der Waals surface area contributed by atoms with E-state index in [2.05, 4.69) is 16.4 Å². The Bertz CT molecular complexity index is 529. The Morgan fingerprint density at radius 1 is 1.16 bits per heavy atom. The van der Waals surface area contributed by atoms with Gasteiger partial charge in [-0.05, 0) is 23.8 Å². The summed E-state index contributed by atoms with van der Waals surface area (Å²) in [7, 11) is 3.33. The fraction of sp³-hybridized carbons (Fsp3) is 0.267. The third-order valence-electron chi connectivity index (χ3n) is 2.76. The summed E-state index contributed by atoms with van der Waals surface area (Å²) < 4.78 is 10.3. The number of ether oxygens (including phenoxy) is 2. The third-order valence-corrected chi connectivity index (χ3v) is 2.76. The molecule has 0 amide bonds. The first-order chi connectivity index (χ1) is 9.33. The molecule has 1 N–H and O–H groups in total. The van der Waals surface area contributed by atoms with Crippen molar-refractivity contribution in [2.45, 2.75) is 13.2 Å². The molecule has 1 aromatic heterocycles. The predicted molar refractivity (Wildman–Crippen MR) is 75.3 cm³/mol. The molecule has 0 radical (unpaired) electrons. The lowest BCUT2D eigenvalue weighted by atomic mass is 10.2. The van der Waals surface area contributed by atoms with Crippen LogP contribution in [0.1, 0.15) is 11.1 Å². The predicted octanol–water partition coefficient (Wildman–Crippen LogP) is 2.85. The molecule has 100 valence electrons. The molecule has 1 aromatic carbocycles. The Kier molecular flexibility index (Phi) is 4.75. The summed E-state index contributed by atoms with van der Waals surface area (Å²) in [4.78, 5) is 4.17. The minimum atomic E-state index is 0.617. The van der Waals surface area contributed by atoms with E-state index in [4.69, 9.17) is 9.47 Å². The van der Waals surface area contributed by atoms with Crippen molar-refractivity contribution in [2.75, 3.05) is 19.5 Å². The third kappa shape index (κ3) is 3.69. The van der Waals surface area contributed by atoms with Crippen LogP contribution in [-0.2, 0) is 17.9 Å². The second-order valence-corrected chi connectivity index (χ2v) is 4.16. The van der Waals surface area contributed by atoms with Gasteiger partial charge in [0.15, 0.2) is 0 Å². The van der Waals surface area contributed by atoms with Gasteiger partial charge in [0.05, 0.1) is 13.7 Å². The van der Waals surface area contributed by atoms with E-state index in [0.717, 1.165) is 16.8 Å². The Morgan fingerprint density at radius 2 is 2.05 bits per heavy atom. The number of nitrogens with zero attached hydrogens (tertiary/aromatic N) is 1. The second-order valence-electron chi connectivity index (χ2n) is 4.16. The van der Waals surface area contributed by atoms with Crippen LogP contribution in [0.15, 0.2) is 42.6 Å². The van der Waals surface area contributed by atoms with Crippen LogP contribution in [0.25, 0.3) is 0 Å². The lowest BCUT2D eigenvalue weighted by Crippen LogP contribution is -2.03. The molecule has 0 aliphatic carbocycles. The van der Waals surface area contributed by atoms with Crippen LogP contribution < -0.4 is 10.1 Å². The van der Waals surface area contributed by atoms with Gasteiger partial charge in [-0.15, -0.1) is 0 Å². The first-order valence-corrected chi connectivity index (χ1v) is 6.13. The van der Waals surface area contributed by atoms with Crippen molar-refractivity contribution in [3.8, 4) is 5.88 Å². The summed E-state index contributed by atoms with van der Waals surface area (Å²) in [5, 5.41) is 3.36. The molecule has 19 heavy (non-hydrogen) atoms. The molecule has 2 rings (SSSR count). The molecule has 0 aliphatic heterocycles. The molecule has 4 heteroatoms. The van der Waals surface area contributed by atoms with Gasteiger partial charge in [0, 0.05) is 31.1 Å². The summed E-state index contributed by atoms with van der Waals surface area (Å²) >= 11 is 0. The van der Waals surface area contributed by atoms with Gasteiger partial charge in [0.1, 0.15) is 0 Å². The first-order valence-electron chi connectivity index (χ1n) is 6.13. The first kappa shape index (κ1) is 13.4. The maximum atomic E-state index is 5.22. The van der Waals surface area contributed by atoms with Gasteiger partial charge in [0.25, 0.3) is 0 Å². The minimum absolute atomic E-state index is 0.617. The normalized spacial score (nSPS) is 10.2. The highest BCUT2D eigenvalue weighted by molar-refractivity contribution is 5.46. The molecule has 1 heterocycles. The maximum Gasteiger partial charge on any atom is 0.218 e. The monoisotopic (exact) mass is 258 g/mol. The zero-order valence-electron chi connectivity index (χ0n) is 11.2. The standard InChI is InChI=1S/C15H18N2O2/c1-18-11-12-5-3-7-14(9-12)17-10-13-6-4-8-16-15(13)19-2/h3-9,17H,10-11H2,1-2H3. The van der Waals surface area contributed by atoms with Gasteiger partial charge in [0.2, 0.25) is 5.88 Å². The summed E-state index contributed by atoms with van der Waals surface area (Å²) in [5.74, 6) is 0.656. The van der Waals surface area contributed by atoms with Crippen molar-refractivity contribution >= 4 is 5.69 Å². The van der Waals surface area contributed by atoms with E-state index >= 15 is 0 Å². The SMILES string of the molecule is COCc1cccc(NCc2cccnc2OC)c1. The van der Waals surface area contributed by atoms with E-state index in [0.29, 0.717) is 19.0 Å². The summed E-state index contributed by atoms with van der Waals surface area (Å²) in [6.45, 7) is 1.29. The summed E-state index contributed by atoms with van der Waals surface area (Å²) in [6.07, 6.45) is 1.72. The number of anilines is 1. The van der Waals surface area contributed by atoms with E-state index in [-0.39, 0.29) is 0 Å². The summed E-state index contributed by atoms with van der Waals surface area (Å²) in [6, 6.07) is 12.1. The summed E-state index contributed by atoms with van der Waals surface area (Å²) in [5.41, 5.74) is 3.23. The highest BCUT2D eigenvalue weighted by Gasteiger charge is 2.03. The lowest BCUT2D eigenvalue weighted by Gasteiger charge is -2.10. The fourth-order valence-corrected chi connectivity index (χ4v) is 1.88. The van der Waals surface area contributed by atoms with Gasteiger partial charge in [-0.25, -0.2) is 4.98 Å². The molecule has 4 nitrogen and oxygen atoms in total. The molecule has 0 aliphatic rings. The Labute approximate surface area is 113 Å². The maximum absolute atomic E-state index is 5.22. The number of hydrogen-bond donors (Lipinski definition) is 1. The largest absolute Gasteiger partial charge is 0.481 e. The van der Waals surface area contributed by atoms with Crippen LogP contribution in [0.4, 0.5) is 5.69 Å². The molecule has 0 fully saturated rings. The van der Waals surface area contributed by atoms with Gasteiger partial charge in [-0.3, -0.25) is 0 Å². The minimum Gasteiger partial charge on any atom is -0.481 e.